The van der Waals surface area contributed by atoms with Crippen molar-refractivity contribution in [1.29, 1.82) is 0 Å². The second kappa shape index (κ2) is 5.70. The summed E-state index contributed by atoms with van der Waals surface area (Å²) in [5, 5.41) is 9.27. The number of hydrogen-bond donors (Lipinski definition) is 1. The Kier molecular flexibility index (Phi) is 3.95. The van der Waals surface area contributed by atoms with Crippen molar-refractivity contribution in [1.82, 2.24) is 0 Å². The lowest BCUT2D eigenvalue weighted by molar-refractivity contribution is -0.163. The normalized spacial score (nSPS) is 49.0. The first-order valence-corrected chi connectivity index (χ1v) is 9.52. The van der Waals surface area contributed by atoms with E-state index >= 15 is 8.78 Å². The molecule has 4 aliphatic rings. The number of Topliss-reactive ketones (excluding diaryl/α,β-unsaturated/α-hetero) is 1. The number of ketones is 2. The fourth-order valence-corrected chi connectivity index (χ4v) is 6.77. The lowest BCUT2D eigenvalue weighted by atomic mass is 9.49. The lowest BCUT2D eigenvalue weighted by Crippen LogP contribution is -2.62. The minimum Gasteiger partial charge on any atom is -0.389 e. The van der Waals surface area contributed by atoms with Crippen LogP contribution in [-0.4, -0.2) is 35.1 Å². The van der Waals surface area contributed by atoms with Gasteiger partial charge in [0, 0.05) is 24.2 Å². The van der Waals surface area contributed by atoms with Gasteiger partial charge in [0.15, 0.2) is 17.2 Å². The van der Waals surface area contributed by atoms with E-state index in [4.69, 9.17) is 0 Å². The molecule has 0 bridgehead atoms. The molecule has 0 radical (unpaired) electrons. The Hall–Kier alpha value is -1.10. The quantitative estimate of drug-likeness (QED) is 0.829. The summed E-state index contributed by atoms with van der Waals surface area (Å²) in [7, 11) is 0. The van der Waals surface area contributed by atoms with E-state index in [9.17, 15) is 14.7 Å². The maximum Gasteiger partial charge on any atom is 0.161 e. The lowest BCUT2D eigenvalue weighted by Gasteiger charge is -2.58. The first-order chi connectivity index (χ1) is 11.8. The molecule has 0 aromatic carbocycles. The summed E-state index contributed by atoms with van der Waals surface area (Å²) in [6, 6.07) is 0. The van der Waals surface area contributed by atoms with E-state index < -0.39 is 35.7 Å². The van der Waals surface area contributed by atoms with Gasteiger partial charge in [-0.2, -0.15) is 0 Å². The van der Waals surface area contributed by atoms with Gasteiger partial charge < -0.3 is 5.11 Å². The summed E-state index contributed by atoms with van der Waals surface area (Å²) in [5.41, 5.74) is -1.68. The molecule has 3 fully saturated rings. The van der Waals surface area contributed by atoms with Crippen molar-refractivity contribution in [2.24, 2.45) is 29.1 Å². The third-order valence-corrected chi connectivity index (χ3v) is 7.86. The molecule has 138 valence electrons. The maximum atomic E-state index is 16.2. The fraction of sp³-hybridized carbons (Fsp3) is 0.800. The van der Waals surface area contributed by atoms with Gasteiger partial charge in [-0.25, -0.2) is 8.78 Å². The molecule has 0 unspecified atom stereocenters. The van der Waals surface area contributed by atoms with E-state index in [1.54, 1.807) is 6.08 Å². The fourth-order valence-electron chi connectivity index (χ4n) is 6.77. The molecule has 0 amide bonds. The van der Waals surface area contributed by atoms with Crippen molar-refractivity contribution < 1.29 is 23.5 Å². The first-order valence-electron chi connectivity index (χ1n) is 9.52. The largest absolute Gasteiger partial charge is 0.389 e. The van der Waals surface area contributed by atoms with Crippen LogP contribution in [0.3, 0.4) is 0 Å². The average Bonchev–Trinajstić information content (AvgIpc) is 2.91. The molecule has 3 nitrogen and oxygen atoms in total. The summed E-state index contributed by atoms with van der Waals surface area (Å²) in [4.78, 5) is 23.9. The van der Waals surface area contributed by atoms with Crippen LogP contribution in [0, 0.1) is 29.1 Å². The number of allylic oxidation sites excluding steroid dienone is 1. The average molecular weight is 352 g/mol. The van der Waals surface area contributed by atoms with E-state index in [2.05, 4.69) is 0 Å². The third-order valence-electron chi connectivity index (χ3n) is 7.86. The summed E-state index contributed by atoms with van der Waals surface area (Å²) in [6.45, 7) is 1.40. The van der Waals surface area contributed by atoms with E-state index in [0.29, 0.717) is 32.1 Å². The number of carbonyl (C=O) groups is 2. The standard InChI is InChI=1S/C20H26F2O3/c1-19-9-18(21)20(22)13-5-3-12(24)8-11(13)2-4-15(20)14(19)6-7-16(19)17(25)10-23/h8,13-16,18,23H,2-7,9-10H2,1H3/t13-,14-,15-,16+,18+,19-,20-/m0/s1. The topological polar surface area (TPSA) is 54.4 Å². The van der Waals surface area contributed by atoms with Crippen LogP contribution in [0.4, 0.5) is 8.78 Å². The van der Waals surface area contributed by atoms with Crippen LogP contribution in [-0.2, 0) is 9.59 Å². The predicted octanol–water partition coefficient (Wildman–Crippen LogP) is 3.35. The molecular weight excluding hydrogens is 326 g/mol. The third kappa shape index (κ3) is 2.23. The molecule has 3 saturated carbocycles. The Morgan fingerprint density at radius 3 is 2.72 bits per heavy atom. The summed E-state index contributed by atoms with van der Waals surface area (Å²) in [5.74, 6) is -1.48. The molecule has 4 rings (SSSR count). The number of alkyl halides is 2. The Labute approximate surface area is 146 Å². The molecule has 0 saturated heterocycles. The zero-order valence-electron chi connectivity index (χ0n) is 14.6. The van der Waals surface area contributed by atoms with Gasteiger partial charge in [-0.05, 0) is 55.9 Å². The van der Waals surface area contributed by atoms with Gasteiger partial charge in [-0.15, -0.1) is 0 Å². The van der Waals surface area contributed by atoms with E-state index in [1.807, 2.05) is 6.92 Å². The van der Waals surface area contributed by atoms with Gasteiger partial charge in [-0.1, -0.05) is 12.5 Å². The number of aliphatic hydroxyl groups is 1. The van der Waals surface area contributed by atoms with E-state index in [0.717, 1.165) is 12.0 Å². The van der Waals surface area contributed by atoms with Gasteiger partial charge in [0.2, 0.25) is 0 Å². The number of carbonyl (C=O) groups excluding carboxylic acids is 2. The van der Waals surface area contributed by atoms with Crippen LogP contribution in [0.15, 0.2) is 11.6 Å². The second-order valence-corrected chi connectivity index (χ2v) is 8.79. The molecule has 0 heterocycles. The van der Waals surface area contributed by atoms with Gasteiger partial charge in [-0.3, -0.25) is 9.59 Å². The molecule has 0 aromatic heterocycles. The van der Waals surface area contributed by atoms with Crippen molar-refractivity contribution >= 4 is 11.6 Å². The van der Waals surface area contributed by atoms with Gasteiger partial charge >= 0.3 is 0 Å². The van der Waals surface area contributed by atoms with Crippen LogP contribution in [0.5, 0.6) is 0 Å². The van der Waals surface area contributed by atoms with Gasteiger partial charge in [0.1, 0.15) is 12.8 Å². The monoisotopic (exact) mass is 352 g/mol. The minimum atomic E-state index is -1.91. The molecule has 0 aromatic rings. The SMILES string of the molecule is C[C@]12C[C@@H](F)[C@]3(F)[C@H]4CCC(=O)C=C4CC[C@H]3[C@@H]1CC[C@@H]2C(=O)CO. The number of hydrogen-bond acceptors (Lipinski definition) is 3. The van der Waals surface area contributed by atoms with Crippen LogP contribution >= 0.6 is 0 Å². The summed E-state index contributed by atoms with van der Waals surface area (Å²) in [6.07, 6.45) is 3.22. The molecule has 4 aliphatic carbocycles. The van der Waals surface area contributed by atoms with E-state index in [1.165, 1.54) is 0 Å². The predicted molar refractivity (Wildman–Crippen MR) is 88.3 cm³/mol. The molecule has 1 N–H and O–H groups in total. The molecular formula is C20H26F2O3. The molecule has 0 spiro atoms. The van der Waals surface area contributed by atoms with Crippen molar-refractivity contribution in [3.8, 4) is 0 Å². The first kappa shape index (κ1) is 17.3. The Balaban J connectivity index is 1.71. The Bertz CT molecular complexity index is 645. The highest BCUT2D eigenvalue weighted by atomic mass is 19.2. The summed E-state index contributed by atoms with van der Waals surface area (Å²) < 4.78 is 31.6. The van der Waals surface area contributed by atoms with Crippen molar-refractivity contribution in [2.75, 3.05) is 6.61 Å². The summed E-state index contributed by atoms with van der Waals surface area (Å²) >= 11 is 0. The Morgan fingerprint density at radius 1 is 1.24 bits per heavy atom. The Morgan fingerprint density at radius 2 is 2.00 bits per heavy atom. The van der Waals surface area contributed by atoms with Gasteiger partial charge in [0.05, 0.1) is 0 Å². The molecule has 0 aliphatic heterocycles. The van der Waals surface area contributed by atoms with Crippen LogP contribution in [0.1, 0.15) is 51.9 Å². The number of fused-ring (bicyclic) bond motifs is 5. The molecule has 5 heteroatoms. The zero-order chi connectivity index (χ0) is 18.0. The van der Waals surface area contributed by atoms with Crippen LogP contribution in [0.25, 0.3) is 0 Å². The van der Waals surface area contributed by atoms with Crippen LogP contribution in [0.2, 0.25) is 0 Å². The number of rotatable bonds is 2. The van der Waals surface area contributed by atoms with Crippen molar-refractivity contribution in [3.63, 3.8) is 0 Å². The molecule has 25 heavy (non-hydrogen) atoms. The number of aliphatic hydroxyl groups excluding tert-OH is 1. The van der Waals surface area contributed by atoms with Crippen LogP contribution < -0.4 is 0 Å². The highest BCUT2D eigenvalue weighted by Crippen LogP contribution is 2.66. The minimum absolute atomic E-state index is 0.0239. The van der Waals surface area contributed by atoms with Crippen molar-refractivity contribution in [2.45, 2.75) is 63.7 Å². The molecule has 7 atom stereocenters. The van der Waals surface area contributed by atoms with Gasteiger partial charge in [0.25, 0.3) is 0 Å². The highest BCUT2D eigenvalue weighted by molar-refractivity contribution is 5.91. The smallest absolute Gasteiger partial charge is 0.161 e. The second-order valence-electron chi connectivity index (χ2n) is 8.79. The maximum absolute atomic E-state index is 16.2. The van der Waals surface area contributed by atoms with Crippen molar-refractivity contribution in [3.05, 3.63) is 11.6 Å². The van der Waals surface area contributed by atoms with E-state index in [-0.39, 0.29) is 29.8 Å². The zero-order valence-corrected chi connectivity index (χ0v) is 14.6. The number of halogens is 2. The highest BCUT2D eigenvalue weighted by Gasteiger charge is 2.68.